The lowest BCUT2D eigenvalue weighted by atomic mass is 10.1. The van der Waals surface area contributed by atoms with E-state index in [-0.39, 0.29) is 50.4 Å². The van der Waals surface area contributed by atoms with Gasteiger partial charge in [0.2, 0.25) is 0 Å². The summed E-state index contributed by atoms with van der Waals surface area (Å²) in [5, 5.41) is 0. The summed E-state index contributed by atoms with van der Waals surface area (Å²) in [4.78, 5) is 38.1. The monoisotopic (exact) mass is 969 g/mol. The van der Waals surface area contributed by atoms with Gasteiger partial charge in [-0.2, -0.15) is 0 Å². The molecular weight excluding hydrogens is 877 g/mol. The molecule has 0 bridgehead atoms. The molecule has 0 saturated heterocycles. The summed E-state index contributed by atoms with van der Waals surface area (Å²) >= 11 is 0. The number of allylic oxidation sites excluding steroid dienone is 34. The van der Waals surface area contributed by atoms with Crippen molar-refractivity contribution in [2.75, 3.05) is 13.2 Å². The van der Waals surface area contributed by atoms with E-state index in [9.17, 15) is 14.4 Å². The highest BCUT2D eigenvalue weighted by molar-refractivity contribution is 5.71. The average Bonchev–Trinajstić information content (AvgIpc) is 3.37. The van der Waals surface area contributed by atoms with E-state index in [4.69, 9.17) is 14.2 Å². The molecule has 0 aliphatic rings. The maximum absolute atomic E-state index is 12.8. The van der Waals surface area contributed by atoms with Crippen LogP contribution in [0.25, 0.3) is 0 Å². The van der Waals surface area contributed by atoms with Gasteiger partial charge in [-0.05, 0) is 103 Å². The SMILES string of the molecule is CC\C=C/C=C\C=C/C=C\C=C\C=C/CCCCCC(=O)OCC(COC(=O)CCCCC/C=C\C/C=C\C/C=C\C/C=C\C/C=C\CC)OC(=O)CCCCC\C=C/C=C/C=C\C=C/C=C\C=C/CC. The van der Waals surface area contributed by atoms with Gasteiger partial charge in [-0.15, -0.1) is 0 Å². The molecular formula is C65H92O6. The normalized spacial score (nSPS) is 13.8. The van der Waals surface area contributed by atoms with Gasteiger partial charge in [-0.3, -0.25) is 14.4 Å². The Morgan fingerprint density at radius 3 is 0.930 bits per heavy atom. The fourth-order valence-electron chi connectivity index (χ4n) is 6.18. The third kappa shape index (κ3) is 54.8. The van der Waals surface area contributed by atoms with Gasteiger partial charge in [-0.25, -0.2) is 0 Å². The molecule has 6 heteroatoms. The lowest BCUT2D eigenvalue weighted by Crippen LogP contribution is -2.30. The predicted molar refractivity (Wildman–Crippen MR) is 306 cm³/mol. The van der Waals surface area contributed by atoms with Crippen molar-refractivity contribution in [3.05, 3.63) is 207 Å². The summed E-state index contributed by atoms with van der Waals surface area (Å²) in [7, 11) is 0. The minimum absolute atomic E-state index is 0.142. The molecule has 71 heavy (non-hydrogen) atoms. The first kappa shape index (κ1) is 65.0. The van der Waals surface area contributed by atoms with E-state index >= 15 is 0 Å². The van der Waals surface area contributed by atoms with Crippen LogP contribution in [-0.2, 0) is 28.6 Å². The molecule has 0 saturated carbocycles. The van der Waals surface area contributed by atoms with Crippen LogP contribution in [0, 0.1) is 0 Å². The molecule has 0 heterocycles. The number of carbonyl (C=O) groups excluding carboxylic acids is 3. The quantitative estimate of drug-likeness (QED) is 0.0199. The Bertz CT molecular complexity index is 1830. The number of unbranched alkanes of at least 4 members (excludes halogenated alkanes) is 9. The summed E-state index contributed by atoms with van der Waals surface area (Å²) in [6.45, 7) is 6.09. The van der Waals surface area contributed by atoms with E-state index in [2.05, 4.69) is 106 Å². The summed E-state index contributed by atoms with van der Waals surface area (Å²) in [5.74, 6) is -1.08. The molecule has 6 nitrogen and oxygen atoms in total. The van der Waals surface area contributed by atoms with E-state index in [1.807, 2.05) is 122 Å². The number of carbonyl (C=O) groups is 3. The summed E-state index contributed by atoms with van der Waals surface area (Å²) in [5.41, 5.74) is 0. The van der Waals surface area contributed by atoms with Gasteiger partial charge in [0.1, 0.15) is 13.2 Å². The maximum Gasteiger partial charge on any atom is 0.306 e. The summed E-state index contributed by atoms with van der Waals surface area (Å²) in [6, 6.07) is 0. The van der Waals surface area contributed by atoms with Crippen LogP contribution in [0.4, 0.5) is 0 Å². The molecule has 1 unspecified atom stereocenters. The number of hydrogen-bond acceptors (Lipinski definition) is 6. The van der Waals surface area contributed by atoms with Crippen molar-refractivity contribution in [1.82, 2.24) is 0 Å². The van der Waals surface area contributed by atoms with E-state index in [0.717, 1.165) is 109 Å². The molecule has 0 aromatic rings. The van der Waals surface area contributed by atoms with Crippen molar-refractivity contribution in [3.8, 4) is 0 Å². The number of rotatable bonds is 44. The van der Waals surface area contributed by atoms with Crippen LogP contribution in [0.1, 0.15) is 162 Å². The molecule has 0 spiro atoms. The van der Waals surface area contributed by atoms with E-state index < -0.39 is 6.10 Å². The minimum atomic E-state index is -0.849. The van der Waals surface area contributed by atoms with Gasteiger partial charge < -0.3 is 14.2 Å². The van der Waals surface area contributed by atoms with Crippen molar-refractivity contribution in [2.24, 2.45) is 0 Å². The lowest BCUT2D eigenvalue weighted by Gasteiger charge is -2.18. The predicted octanol–water partition coefficient (Wildman–Crippen LogP) is 18.1. The average molecular weight is 969 g/mol. The Balaban J connectivity index is 4.69. The van der Waals surface area contributed by atoms with Crippen LogP contribution >= 0.6 is 0 Å². The molecule has 1 atom stereocenters. The zero-order valence-corrected chi connectivity index (χ0v) is 44.1. The minimum Gasteiger partial charge on any atom is -0.462 e. The molecule has 0 fully saturated rings. The Labute approximate surface area is 432 Å². The van der Waals surface area contributed by atoms with Crippen LogP contribution in [0.5, 0.6) is 0 Å². The molecule has 0 amide bonds. The Hall–Kier alpha value is -6.01. The molecule has 388 valence electrons. The smallest absolute Gasteiger partial charge is 0.306 e. The van der Waals surface area contributed by atoms with Gasteiger partial charge >= 0.3 is 17.9 Å². The Kier molecular flexibility index (Phi) is 51.8. The third-order valence-corrected chi connectivity index (χ3v) is 10.1. The third-order valence-electron chi connectivity index (χ3n) is 10.1. The first-order valence-electron chi connectivity index (χ1n) is 26.8. The zero-order chi connectivity index (χ0) is 51.4. The first-order chi connectivity index (χ1) is 35.0. The zero-order valence-electron chi connectivity index (χ0n) is 44.1. The summed E-state index contributed by atoms with van der Waals surface area (Å²) in [6.07, 6.45) is 88.0. The molecule has 0 aromatic carbocycles. The van der Waals surface area contributed by atoms with Gasteiger partial charge in [0.05, 0.1) is 0 Å². The molecule has 0 rings (SSSR count). The molecule has 0 N–H and O–H groups in total. The fraction of sp³-hybridized carbons (Fsp3) is 0.431. The highest BCUT2D eigenvalue weighted by Crippen LogP contribution is 2.11. The fourth-order valence-corrected chi connectivity index (χ4v) is 6.18. The highest BCUT2D eigenvalue weighted by Gasteiger charge is 2.19. The molecule has 0 aliphatic carbocycles. The van der Waals surface area contributed by atoms with E-state index in [1.165, 1.54) is 0 Å². The number of hydrogen-bond donors (Lipinski definition) is 0. The van der Waals surface area contributed by atoms with Gasteiger partial charge in [0.25, 0.3) is 0 Å². The van der Waals surface area contributed by atoms with E-state index in [1.54, 1.807) is 0 Å². The van der Waals surface area contributed by atoms with Gasteiger partial charge in [0.15, 0.2) is 6.10 Å². The van der Waals surface area contributed by atoms with Crippen molar-refractivity contribution < 1.29 is 28.6 Å². The second-order valence-electron chi connectivity index (χ2n) is 16.6. The van der Waals surface area contributed by atoms with Gasteiger partial charge in [0, 0.05) is 19.3 Å². The Morgan fingerprint density at radius 1 is 0.296 bits per heavy atom. The van der Waals surface area contributed by atoms with Crippen molar-refractivity contribution in [1.29, 1.82) is 0 Å². The van der Waals surface area contributed by atoms with Crippen LogP contribution < -0.4 is 0 Å². The largest absolute Gasteiger partial charge is 0.462 e. The molecule has 0 aliphatic heterocycles. The van der Waals surface area contributed by atoms with Crippen LogP contribution in [0.2, 0.25) is 0 Å². The Morgan fingerprint density at radius 2 is 0.577 bits per heavy atom. The summed E-state index contributed by atoms with van der Waals surface area (Å²) < 4.78 is 16.7. The van der Waals surface area contributed by atoms with Crippen LogP contribution in [-0.4, -0.2) is 37.2 Å². The van der Waals surface area contributed by atoms with Crippen LogP contribution in [0.3, 0.4) is 0 Å². The van der Waals surface area contributed by atoms with Crippen molar-refractivity contribution >= 4 is 17.9 Å². The topological polar surface area (TPSA) is 78.9 Å². The maximum atomic E-state index is 12.8. The highest BCUT2D eigenvalue weighted by atomic mass is 16.6. The number of ether oxygens (including phenoxy) is 3. The van der Waals surface area contributed by atoms with Crippen molar-refractivity contribution in [2.45, 2.75) is 168 Å². The number of esters is 3. The van der Waals surface area contributed by atoms with E-state index in [0.29, 0.717) is 12.8 Å². The molecule has 0 aromatic heterocycles. The second-order valence-corrected chi connectivity index (χ2v) is 16.6. The second kappa shape index (κ2) is 56.6. The van der Waals surface area contributed by atoms with Crippen molar-refractivity contribution in [3.63, 3.8) is 0 Å². The van der Waals surface area contributed by atoms with Crippen LogP contribution in [0.15, 0.2) is 207 Å². The first-order valence-corrected chi connectivity index (χ1v) is 26.8. The lowest BCUT2D eigenvalue weighted by molar-refractivity contribution is -0.167. The molecule has 0 radical (unpaired) electrons. The standard InChI is InChI=1S/C65H92O6/c1-4-7-10-13-16-19-22-25-28-31-32-35-37-40-43-46-49-52-55-58-64(67)70-61-62(71-65(68)59-56-53-50-47-44-41-38-34-30-27-24-21-18-15-12-9-6-3)60-69-63(66)57-54-51-48-45-42-39-36-33-29-26-23-20-17-14-11-8-5-2/h7-12,14-21,23-30,32-36,38-44,62H,4-6,13,22,31,37,45-61H2,1-3H3/b10-7-,11-8-,12-9-,17-14-,18-15-,19-16-,23-20-,24-21-,28-25-,29-26-,30-27-,35-32-,36-33+,38-34+,42-39-,43-40-,44-41-. The van der Waals surface area contributed by atoms with Gasteiger partial charge in [-0.1, -0.05) is 247 Å².